The summed E-state index contributed by atoms with van der Waals surface area (Å²) in [6.07, 6.45) is -4.70. The smallest absolute Gasteiger partial charge is 0.399 e. The molecule has 1 aliphatic rings. The van der Waals surface area contributed by atoms with Crippen molar-refractivity contribution in [3.8, 4) is 0 Å². The van der Waals surface area contributed by atoms with Crippen molar-refractivity contribution in [2.75, 3.05) is 6.54 Å². The molecule has 140 valence electrons. The zero-order valence-corrected chi connectivity index (χ0v) is 15.5. The third-order valence-electron chi connectivity index (χ3n) is 4.43. The molecule has 5 nitrogen and oxygen atoms in total. The lowest BCUT2D eigenvalue weighted by Crippen LogP contribution is -2.41. The molecule has 25 heavy (non-hydrogen) atoms. The minimum Gasteiger partial charge on any atom is -0.399 e. The Morgan fingerprint density at radius 3 is 2.04 bits per heavy atom. The molecule has 1 aromatic carbocycles. The van der Waals surface area contributed by atoms with E-state index in [1.165, 1.54) is 0 Å². The number of halogens is 3. The Kier molecular flexibility index (Phi) is 5.06. The first-order valence-corrected chi connectivity index (χ1v) is 9.25. The van der Waals surface area contributed by atoms with E-state index in [-0.39, 0.29) is 12.0 Å². The van der Waals surface area contributed by atoms with Gasteiger partial charge in [-0.15, -0.1) is 0 Å². The van der Waals surface area contributed by atoms with Crippen molar-refractivity contribution < 1.29 is 30.9 Å². The van der Waals surface area contributed by atoms with Gasteiger partial charge < -0.3 is 9.31 Å². The van der Waals surface area contributed by atoms with Crippen LogP contribution in [-0.4, -0.2) is 33.3 Å². The van der Waals surface area contributed by atoms with Crippen molar-refractivity contribution in [3.05, 3.63) is 23.8 Å². The second kappa shape index (κ2) is 6.26. The summed E-state index contributed by atoms with van der Waals surface area (Å²) in [5, 5.41) is 0. The minimum atomic E-state index is -4.70. The fourth-order valence-electron chi connectivity index (χ4n) is 2.33. The maximum atomic E-state index is 13.2. The average Bonchev–Trinajstić information content (AvgIpc) is 2.66. The zero-order valence-electron chi connectivity index (χ0n) is 14.7. The summed E-state index contributed by atoms with van der Waals surface area (Å²) in [5.41, 5.74) is -2.58. The predicted octanol–water partition coefficient (Wildman–Crippen LogP) is 2.30. The van der Waals surface area contributed by atoms with Crippen LogP contribution in [0.1, 0.15) is 40.2 Å². The van der Waals surface area contributed by atoms with Gasteiger partial charge in [0.25, 0.3) is 0 Å². The highest BCUT2D eigenvalue weighted by molar-refractivity contribution is 7.89. The summed E-state index contributed by atoms with van der Waals surface area (Å²) >= 11 is 0. The summed E-state index contributed by atoms with van der Waals surface area (Å²) in [5.74, 6) is 0. The van der Waals surface area contributed by atoms with Gasteiger partial charge in [0, 0.05) is 6.54 Å². The highest BCUT2D eigenvalue weighted by Crippen LogP contribution is 2.37. The lowest BCUT2D eigenvalue weighted by atomic mass is 9.78. The first-order chi connectivity index (χ1) is 11.2. The van der Waals surface area contributed by atoms with E-state index in [4.69, 9.17) is 9.31 Å². The maximum Gasteiger partial charge on any atom is 0.494 e. The molecule has 0 amide bonds. The first kappa shape index (κ1) is 20.2. The fraction of sp³-hybridized carbons (Fsp3) is 0.600. The monoisotopic (exact) mass is 379 g/mol. The van der Waals surface area contributed by atoms with Gasteiger partial charge in [-0.1, -0.05) is 13.0 Å². The van der Waals surface area contributed by atoms with Crippen molar-refractivity contribution in [2.45, 2.75) is 56.9 Å². The molecule has 0 aromatic heterocycles. The molecule has 1 saturated heterocycles. The van der Waals surface area contributed by atoms with Gasteiger partial charge in [-0.25, -0.2) is 13.1 Å². The average molecular weight is 379 g/mol. The molecule has 0 spiro atoms. The number of hydrogen-bond donors (Lipinski definition) is 1. The molecule has 1 N–H and O–H groups in total. The minimum absolute atomic E-state index is 0.00459. The third kappa shape index (κ3) is 4.02. The summed E-state index contributed by atoms with van der Waals surface area (Å²) in [7, 11) is -5.16. The first-order valence-electron chi connectivity index (χ1n) is 7.77. The number of sulfonamides is 1. The van der Waals surface area contributed by atoms with Crippen LogP contribution in [0.15, 0.2) is 23.1 Å². The number of benzene rings is 1. The molecule has 0 unspecified atom stereocenters. The van der Waals surface area contributed by atoms with E-state index in [0.29, 0.717) is 6.07 Å². The van der Waals surface area contributed by atoms with E-state index >= 15 is 0 Å². The Labute approximate surface area is 146 Å². The normalized spacial score (nSPS) is 20.1. The van der Waals surface area contributed by atoms with Gasteiger partial charge in [0.2, 0.25) is 10.0 Å². The Morgan fingerprint density at radius 1 is 1.08 bits per heavy atom. The van der Waals surface area contributed by atoms with Crippen molar-refractivity contribution in [3.63, 3.8) is 0 Å². The molecule has 0 radical (unpaired) electrons. The molecule has 1 aliphatic heterocycles. The largest absolute Gasteiger partial charge is 0.494 e. The quantitative estimate of drug-likeness (QED) is 0.816. The van der Waals surface area contributed by atoms with E-state index in [9.17, 15) is 21.6 Å². The van der Waals surface area contributed by atoms with Gasteiger partial charge in [0.1, 0.15) is 0 Å². The molecule has 0 aliphatic carbocycles. The maximum absolute atomic E-state index is 13.2. The Balaban J connectivity index is 2.56. The van der Waals surface area contributed by atoms with Crippen molar-refractivity contribution in [1.82, 2.24) is 4.72 Å². The number of hydrogen-bond acceptors (Lipinski definition) is 4. The Bertz CT molecular complexity index is 747. The van der Waals surface area contributed by atoms with Crippen LogP contribution in [0.5, 0.6) is 0 Å². The molecule has 0 bridgehead atoms. The summed E-state index contributed by atoms with van der Waals surface area (Å²) in [6.45, 7) is 8.65. The zero-order chi connectivity index (χ0) is 19.3. The summed E-state index contributed by atoms with van der Waals surface area (Å²) < 4.78 is 77.7. The van der Waals surface area contributed by atoms with Crippen LogP contribution in [-0.2, 0) is 25.5 Å². The fourth-order valence-corrected chi connectivity index (χ4v) is 3.45. The Morgan fingerprint density at radius 2 is 1.60 bits per heavy atom. The van der Waals surface area contributed by atoms with E-state index in [1.807, 2.05) is 0 Å². The van der Waals surface area contributed by atoms with E-state index < -0.39 is 45.0 Å². The SMILES string of the molecule is CCNS(=O)(=O)c1cc(B2OC(C)(C)C(C)(C)O2)cc(C(F)(F)F)c1. The second-order valence-electron chi connectivity index (χ2n) is 6.88. The highest BCUT2D eigenvalue weighted by atomic mass is 32.2. The van der Waals surface area contributed by atoms with Gasteiger partial charge in [-0.3, -0.25) is 0 Å². The van der Waals surface area contributed by atoms with E-state index in [1.54, 1.807) is 34.6 Å². The number of rotatable bonds is 4. The molecule has 1 fully saturated rings. The lowest BCUT2D eigenvalue weighted by Gasteiger charge is -2.32. The van der Waals surface area contributed by atoms with Gasteiger partial charge >= 0.3 is 13.3 Å². The molecule has 1 aromatic rings. The van der Waals surface area contributed by atoms with Crippen molar-refractivity contribution >= 4 is 22.6 Å². The predicted molar refractivity (Wildman–Crippen MR) is 88.0 cm³/mol. The standard InChI is InChI=1S/C15H21BF3NO4S/c1-6-20-25(21,22)12-8-10(15(17,18)19)7-11(9-12)16-23-13(2,3)14(4,5)24-16/h7-9,20H,6H2,1-5H3. The third-order valence-corrected chi connectivity index (χ3v) is 5.95. The second-order valence-corrected chi connectivity index (χ2v) is 8.65. The molecule has 1 heterocycles. The molecule has 10 heteroatoms. The number of alkyl halides is 3. The van der Waals surface area contributed by atoms with Gasteiger partial charge in [-0.05, 0) is 45.3 Å². The van der Waals surface area contributed by atoms with Gasteiger partial charge in [0.05, 0.1) is 21.7 Å². The summed E-state index contributed by atoms with van der Waals surface area (Å²) in [6, 6.07) is 2.61. The van der Waals surface area contributed by atoms with Crippen molar-refractivity contribution in [2.24, 2.45) is 0 Å². The summed E-state index contributed by atoms with van der Waals surface area (Å²) in [4.78, 5) is -0.478. The van der Waals surface area contributed by atoms with Crippen LogP contribution in [0, 0.1) is 0 Å². The molecular formula is C15H21BF3NO4S. The topological polar surface area (TPSA) is 64.6 Å². The van der Waals surface area contributed by atoms with Crippen LogP contribution < -0.4 is 10.2 Å². The van der Waals surface area contributed by atoms with Gasteiger partial charge in [-0.2, -0.15) is 13.2 Å². The molecular weight excluding hydrogens is 358 g/mol. The Hall–Kier alpha value is -1.10. The molecule has 0 atom stereocenters. The number of nitrogens with one attached hydrogen (secondary N) is 1. The van der Waals surface area contributed by atoms with Crippen LogP contribution in [0.3, 0.4) is 0 Å². The van der Waals surface area contributed by atoms with Crippen LogP contribution in [0.25, 0.3) is 0 Å². The molecule has 0 saturated carbocycles. The lowest BCUT2D eigenvalue weighted by molar-refractivity contribution is -0.137. The van der Waals surface area contributed by atoms with Crippen LogP contribution in [0.4, 0.5) is 13.2 Å². The van der Waals surface area contributed by atoms with Crippen LogP contribution in [0.2, 0.25) is 0 Å². The molecule has 2 rings (SSSR count). The van der Waals surface area contributed by atoms with E-state index in [0.717, 1.165) is 12.1 Å². The highest BCUT2D eigenvalue weighted by Gasteiger charge is 2.52. The van der Waals surface area contributed by atoms with Gasteiger partial charge in [0.15, 0.2) is 0 Å². The van der Waals surface area contributed by atoms with E-state index in [2.05, 4.69) is 4.72 Å². The van der Waals surface area contributed by atoms with Crippen LogP contribution >= 0.6 is 0 Å². The van der Waals surface area contributed by atoms with Crippen molar-refractivity contribution in [1.29, 1.82) is 0 Å².